The molecule has 0 aromatic heterocycles. The summed E-state index contributed by atoms with van der Waals surface area (Å²) in [4.78, 5) is -0.0193. The van der Waals surface area contributed by atoms with Gasteiger partial charge in [0.05, 0.1) is 11.0 Å². The third kappa shape index (κ3) is 2.46. The maximum Gasteiger partial charge on any atom is 0.261 e. The van der Waals surface area contributed by atoms with Crippen LogP contribution in [-0.4, -0.2) is 21.6 Å². The first-order valence-corrected chi connectivity index (χ1v) is 7.43. The number of hydrogen-bond donors (Lipinski definition) is 0. The Morgan fingerprint density at radius 1 is 1.35 bits per heavy atom. The second-order valence-electron chi connectivity index (χ2n) is 4.19. The van der Waals surface area contributed by atoms with Gasteiger partial charge in [-0.2, -0.15) is 0 Å². The number of benzene rings is 1. The fraction of sp³-hybridized carbons (Fsp3) is 0.455. The van der Waals surface area contributed by atoms with Gasteiger partial charge in [-0.3, -0.25) is 0 Å². The number of halogens is 2. The van der Waals surface area contributed by atoms with Crippen LogP contribution in [0.1, 0.15) is 18.4 Å². The van der Waals surface area contributed by atoms with Crippen LogP contribution < -0.4 is 0 Å². The molecule has 0 aliphatic heterocycles. The minimum absolute atomic E-state index is 0.0193. The predicted molar refractivity (Wildman–Crippen MR) is 62.3 cm³/mol. The van der Waals surface area contributed by atoms with E-state index in [4.69, 9.17) is 15.4 Å². The molecule has 1 aromatic carbocycles. The molecular formula is C11H12ClFO3S. The van der Waals surface area contributed by atoms with Crippen LogP contribution in [-0.2, 0) is 19.5 Å². The van der Waals surface area contributed by atoms with Crippen LogP contribution in [0.15, 0.2) is 29.2 Å². The summed E-state index contributed by atoms with van der Waals surface area (Å²) in [5, 5.41) is 0. The van der Waals surface area contributed by atoms with E-state index in [1.165, 1.54) is 24.3 Å². The van der Waals surface area contributed by atoms with Crippen molar-refractivity contribution in [2.45, 2.75) is 29.5 Å². The lowest BCUT2D eigenvalue weighted by Crippen LogP contribution is -2.42. The van der Waals surface area contributed by atoms with E-state index < -0.39 is 14.7 Å². The number of alkyl halides is 1. The molecule has 0 atom stereocenters. The van der Waals surface area contributed by atoms with Crippen LogP contribution in [0.3, 0.4) is 0 Å². The quantitative estimate of drug-likeness (QED) is 0.798. The van der Waals surface area contributed by atoms with Crippen molar-refractivity contribution in [2.24, 2.45) is 0 Å². The molecule has 1 aromatic rings. The zero-order valence-electron chi connectivity index (χ0n) is 9.19. The van der Waals surface area contributed by atoms with E-state index in [1.54, 1.807) is 7.11 Å². The lowest BCUT2D eigenvalue weighted by Gasteiger charge is -2.40. The molecule has 1 fully saturated rings. The molecule has 3 nitrogen and oxygen atoms in total. The van der Waals surface area contributed by atoms with Gasteiger partial charge in [0.2, 0.25) is 0 Å². The average molecular weight is 279 g/mol. The zero-order valence-corrected chi connectivity index (χ0v) is 10.8. The van der Waals surface area contributed by atoms with Gasteiger partial charge < -0.3 is 4.74 Å². The van der Waals surface area contributed by atoms with Gasteiger partial charge in [-0.25, -0.2) is 12.8 Å². The normalized spacial score (nSPS) is 28.8. The van der Waals surface area contributed by atoms with Gasteiger partial charge >= 0.3 is 0 Å². The van der Waals surface area contributed by atoms with Gasteiger partial charge in [-0.1, -0.05) is 12.1 Å². The molecule has 0 spiro atoms. The first-order chi connectivity index (χ1) is 7.85. The topological polar surface area (TPSA) is 43.4 Å². The van der Waals surface area contributed by atoms with Gasteiger partial charge in [0, 0.05) is 30.6 Å². The van der Waals surface area contributed by atoms with Crippen molar-refractivity contribution in [1.82, 2.24) is 0 Å². The lowest BCUT2D eigenvalue weighted by atomic mass is 9.74. The fourth-order valence-corrected chi connectivity index (χ4v) is 2.75. The molecule has 0 N–H and O–H groups in total. The number of ether oxygens (including phenoxy) is 1. The van der Waals surface area contributed by atoms with Crippen LogP contribution in [0.5, 0.6) is 0 Å². The molecule has 0 bridgehead atoms. The van der Waals surface area contributed by atoms with Crippen LogP contribution in [0.2, 0.25) is 0 Å². The minimum atomic E-state index is -3.74. The Labute approximate surface area is 104 Å². The smallest absolute Gasteiger partial charge is 0.261 e. The molecule has 6 heteroatoms. The maximum atomic E-state index is 14.2. The third-order valence-electron chi connectivity index (χ3n) is 3.09. The summed E-state index contributed by atoms with van der Waals surface area (Å²) in [6.45, 7) is 0. The van der Waals surface area contributed by atoms with E-state index in [-0.39, 0.29) is 11.0 Å². The number of methoxy groups -OCH3 is 1. The van der Waals surface area contributed by atoms with Crippen LogP contribution >= 0.6 is 10.7 Å². The van der Waals surface area contributed by atoms with E-state index in [9.17, 15) is 12.8 Å². The summed E-state index contributed by atoms with van der Waals surface area (Å²) in [7, 11) is 2.98. The molecule has 0 radical (unpaired) electrons. The van der Waals surface area contributed by atoms with Crippen LogP contribution in [0.25, 0.3) is 0 Å². The van der Waals surface area contributed by atoms with Gasteiger partial charge in [0.1, 0.15) is 5.67 Å². The number of hydrogen-bond acceptors (Lipinski definition) is 3. The predicted octanol–water partition coefficient (Wildman–Crippen LogP) is 2.59. The van der Waals surface area contributed by atoms with Crippen molar-refractivity contribution in [2.75, 3.05) is 7.11 Å². The molecule has 1 saturated carbocycles. The van der Waals surface area contributed by atoms with Gasteiger partial charge in [0.15, 0.2) is 0 Å². The van der Waals surface area contributed by atoms with Gasteiger partial charge in [-0.05, 0) is 17.7 Å². The van der Waals surface area contributed by atoms with Crippen molar-refractivity contribution >= 4 is 19.7 Å². The molecule has 0 heterocycles. The van der Waals surface area contributed by atoms with Crippen molar-refractivity contribution in [1.29, 1.82) is 0 Å². The highest BCUT2D eigenvalue weighted by atomic mass is 35.7. The van der Waals surface area contributed by atoms with E-state index in [2.05, 4.69) is 0 Å². The van der Waals surface area contributed by atoms with E-state index in [1.807, 2.05) is 0 Å². The highest BCUT2D eigenvalue weighted by Gasteiger charge is 2.46. The Morgan fingerprint density at radius 2 is 1.88 bits per heavy atom. The molecule has 1 aliphatic carbocycles. The van der Waals surface area contributed by atoms with E-state index in [0.29, 0.717) is 18.4 Å². The van der Waals surface area contributed by atoms with Gasteiger partial charge in [-0.15, -0.1) is 0 Å². The second kappa shape index (κ2) is 4.23. The van der Waals surface area contributed by atoms with Crippen LogP contribution in [0, 0.1) is 0 Å². The SMILES string of the molecule is CO[C@H]1C[C@@](F)(c2ccc(S(=O)(=O)Cl)cc2)C1. The summed E-state index contributed by atoms with van der Waals surface area (Å²) in [6.07, 6.45) is 0.545. The van der Waals surface area contributed by atoms with Crippen molar-refractivity contribution in [3.63, 3.8) is 0 Å². The Hall–Kier alpha value is -0.650. The summed E-state index contributed by atoms with van der Waals surface area (Å²) in [5.41, 5.74) is -0.940. The third-order valence-corrected chi connectivity index (χ3v) is 4.46. The monoisotopic (exact) mass is 278 g/mol. The first-order valence-electron chi connectivity index (χ1n) is 5.12. The molecule has 0 amide bonds. The van der Waals surface area contributed by atoms with E-state index in [0.717, 1.165) is 0 Å². The minimum Gasteiger partial charge on any atom is -0.381 e. The highest BCUT2D eigenvalue weighted by Crippen LogP contribution is 2.46. The molecule has 2 rings (SSSR count). The van der Waals surface area contributed by atoms with Crippen molar-refractivity contribution in [3.8, 4) is 0 Å². The summed E-state index contributed by atoms with van der Waals surface area (Å²) in [6, 6.07) is 5.56. The molecule has 0 saturated heterocycles. The molecular weight excluding hydrogens is 267 g/mol. The Bertz CT molecular complexity index is 506. The van der Waals surface area contributed by atoms with Gasteiger partial charge in [0.25, 0.3) is 9.05 Å². The second-order valence-corrected chi connectivity index (χ2v) is 6.76. The van der Waals surface area contributed by atoms with Crippen molar-refractivity contribution in [3.05, 3.63) is 29.8 Å². The Kier molecular flexibility index (Phi) is 3.18. The van der Waals surface area contributed by atoms with E-state index >= 15 is 0 Å². The zero-order chi connectivity index (χ0) is 12.7. The Morgan fingerprint density at radius 3 is 2.29 bits per heavy atom. The highest BCUT2D eigenvalue weighted by molar-refractivity contribution is 8.13. The number of rotatable bonds is 3. The lowest BCUT2D eigenvalue weighted by molar-refractivity contribution is -0.0822. The fourth-order valence-electron chi connectivity index (χ4n) is 1.98. The first kappa shape index (κ1) is 12.8. The molecule has 94 valence electrons. The standard InChI is InChI=1S/C11H12ClFO3S/c1-16-9-6-11(13,7-9)8-2-4-10(5-3-8)17(12,14)15/h2-5,9H,6-7H2,1H3/t9-,11-. The van der Waals surface area contributed by atoms with Crippen LogP contribution in [0.4, 0.5) is 4.39 Å². The maximum absolute atomic E-state index is 14.2. The molecule has 17 heavy (non-hydrogen) atoms. The average Bonchev–Trinajstić information content (AvgIpc) is 2.23. The Balaban J connectivity index is 2.20. The largest absolute Gasteiger partial charge is 0.381 e. The summed E-state index contributed by atoms with van der Waals surface area (Å²) >= 11 is 0. The molecule has 1 aliphatic rings. The summed E-state index contributed by atoms with van der Waals surface area (Å²) < 4.78 is 41.3. The van der Waals surface area contributed by atoms with Crippen molar-refractivity contribution < 1.29 is 17.5 Å². The summed E-state index contributed by atoms with van der Waals surface area (Å²) in [5.74, 6) is 0. The molecule has 0 unspecified atom stereocenters.